The van der Waals surface area contributed by atoms with Crippen LogP contribution in [-0.4, -0.2) is 9.97 Å². The van der Waals surface area contributed by atoms with Crippen molar-refractivity contribution in [3.05, 3.63) is 24.2 Å². The molecule has 0 spiro atoms. The van der Waals surface area contributed by atoms with Crippen molar-refractivity contribution in [2.75, 3.05) is 0 Å². The van der Waals surface area contributed by atoms with Crippen LogP contribution in [0.15, 0.2) is 22.7 Å². The highest BCUT2D eigenvalue weighted by Crippen LogP contribution is 2.57. The summed E-state index contributed by atoms with van der Waals surface area (Å²) in [5, 5.41) is 0. The fourth-order valence-electron chi connectivity index (χ4n) is 5.47. The predicted molar refractivity (Wildman–Crippen MR) is 76.0 cm³/mol. The summed E-state index contributed by atoms with van der Waals surface area (Å²) in [6.45, 7) is 0. The number of fused-ring (bicyclic) bond motifs is 1. The van der Waals surface area contributed by atoms with E-state index in [2.05, 4.69) is 9.97 Å². The van der Waals surface area contributed by atoms with Crippen molar-refractivity contribution in [1.29, 1.82) is 0 Å². The molecule has 3 nitrogen and oxygen atoms in total. The Morgan fingerprint density at radius 3 is 2.50 bits per heavy atom. The molecule has 104 valence electrons. The molecule has 0 aliphatic heterocycles. The third kappa shape index (κ3) is 1.65. The first-order valence-electron chi connectivity index (χ1n) is 8.05. The van der Waals surface area contributed by atoms with Crippen molar-refractivity contribution in [3.8, 4) is 0 Å². The second kappa shape index (κ2) is 4.06. The van der Waals surface area contributed by atoms with Crippen LogP contribution in [0.1, 0.15) is 38.0 Å². The largest absolute Gasteiger partial charge is 0.422 e. The molecule has 20 heavy (non-hydrogen) atoms. The van der Waals surface area contributed by atoms with E-state index in [4.69, 9.17) is 4.42 Å². The van der Waals surface area contributed by atoms with Crippen LogP contribution >= 0.6 is 0 Å². The van der Waals surface area contributed by atoms with E-state index >= 15 is 0 Å². The van der Waals surface area contributed by atoms with E-state index in [-0.39, 0.29) is 0 Å². The summed E-state index contributed by atoms with van der Waals surface area (Å²) in [4.78, 5) is 8.89. The predicted octanol–water partition coefficient (Wildman–Crippen LogP) is 3.84. The maximum atomic E-state index is 5.85. The standard InChI is InChI=1S/C17H20N2O/c1-2-15-17(18-3-1)20-16(19-15)9-14-12-5-10-4-11(7-12)8-13(14)6-10/h1-3,10-14H,4-9H2. The highest BCUT2D eigenvalue weighted by Gasteiger charge is 2.48. The second-order valence-corrected chi connectivity index (χ2v) is 7.23. The van der Waals surface area contributed by atoms with Crippen LogP contribution in [0.4, 0.5) is 0 Å². The lowest BCUT2D eigenvalue weighted by Crippen LogP contribution is -2.45. The number of aromatic nitrogens is 2. The average molecular weight is 268 g/mol. The molecule has 4 bridgehead atoms. The van der Waals surface area contributed by atoms with Gasteiger partial charge in [-0.15, -0.1) is 0 Å². The first-order valence-corrected chi connectivity index (χ1v) is 8.05. The quantitative estimate of drug-likeness (QED) is 0.830. The number of oxazole rings is 1. The minimum absolute atomic E-state index is 0.700. The SMILES string of the molecule is c1cnc2oc(CC3C4CC5CC(C4)CC3C5)nc2c1. The summed E-state index contributed by atoms with van der Waals surface area (Å²) < 4.78 is 5.85. The van der Waals surface area contributed by atoms with Gasteiger partial charge in [-0.2, -0.15) is 0 Å². The molecule has 0 amide bonds. The van der Waals surface area contributed by atoms with E-state index in [1.807, 2.05) is 12.1 Å². The van der Waals surface area contributed by atoms with Gasteiger partial charge in [-0.3, -0.25) is 0 Å². The third-order valence-electron chi connectivity index (χ3n) is 6.04. The molecule has 2 aromatic heterocycles. The molecule has 0 atom stereocenters. The first kappa shape index (κ1) is 11.3. The maximum Gasteiger partial charge on any atom is 0.246 e. The summed E-state index contributed by atoms with van der Waals surface area (Å²) in [7, 11) is 0. The fourth-order valence-corrected chi connectivity index (χ4v) is 5.47. The molecule has 6 rings (SSSR count). The minimum atomic E-state index is 0.700. The Labute approximate surface area is 118 Å². The van der Waals surface area contributed by atoms with Gasteiger partial charge in [0.1, 0.15) is 5.52 Å². The van der Waals surface area contributed by atoms with Crippen LogP contribution in [0.3, 0.4) is 0 Å². The molecule has 0 N–H and O–H groups in total. The van der Waals surface area contributed by atoms with E-state index in [1.54, 1.807) is 6.20 Å². The molecule has 0 radical (unpaired) electrons. The molecular weight excluding hydrogens is 248 g/mol. The molecule has 4 saturated carbocycles. The van der Waals surface area contributed by atoms with Gasteiger partial charge in [0, 0.05) is 12.6 Å². The monoisotopic (exact) mass is 268 g/mol. The van der Waals surface area contributed by atoms with E-state index in [1.165, 1.54) is 32.1 Å². The van der Waals surface area contributed by atoms with Crippen molar-refractivity contribution >= 4 is 11.2 Å². The van der Waals surface area contributed by atoms with Crippen LogP contribution in [0, 0.1) is 29.6 Å². The van der Waals surface area contributed by atoms with E-state index in [0.29, 0.717) is 5.71 Å². The Hall–Kier alpha value is -1.38. The zero-order valence-electron chi connectivity index (χ0n) is 11.7. The lowest BCUT2D eigenvalue weighted by molar-refractivity contribution is -0.0380. The molecule has 0 aromatic carbocycles. The Kier molecular flexibility index (Phi) is 2.29. The van der Waals surface area contributed by atoms with Gasteiger partial charge in [-0.25, -0.2) is 9.97 Å². The molecule has 2 heterocycles. The lowest BCUT2D eigenvalue weighted by atomic mass is 9.51. The smallest absolute Gasteiger partial charge is 0.246 e. The third-order valence-corrected chi connectivity index (χ3v) is 6.04. The van der Waals surface area contributed by atoms with Gasteiger partial charge in [-0.1, -0.05) is 0 Å². The summed E-state index contributed by atoms with van der Waals surface area (Å²) in [5.41, 5.74) is 1.61. The van der Waals surface area contributed by atoms with Gasteiger partial charge in [0.2, 0.25) is 5.71 Å². The van der Waals surface area contributed by atoms with Crippen molar-refractivity contribution in [3.63, 3.8) is 0 Å². The Bertz CT molecular complexity index is 586. The summed E-state index contributed by atoms with van der Waals surface area (Å²) in [6.07, 6.45) is 10.2. The summed E-state index contributed by atoms with van der Waals surface area (Å²) in [6, 6.07) is 3.92. The molecule has 0 saturated heterocycles. The van der Waals surface area contributed by atoms with E-state index in [0.717, 1.165) is 47.4 Å². The topological polar surface area (TPSA) is 38.9 Å². The van der Waals surface area contributed by atoms with Gasteiger partial charge in [-0.05, 0) is 73.8 Å². The van der Waals surface area contributed by atoms with E-state index in [9.17, 15) is 0 Å². The first-order chi connectivity index (χ1) is 9.85. The highest BCUT2D eigenvalue weighted by atomic mass is 16.4. The van der Waals surface area contributed by atoms with Crippen LogP contribution in [0.5, 0.6) is 0 Å². The number of nitrogens with zero attached hydrogens (tertiary/aromatic N) is 2. The van der Waals surface area contributed by atoms with Crippen molar-refractivity contribution in [1.82, 2.24) is 9.97 Å². The number of hydrogen-bond acceptors (Lipinski definition) is 3. The summed E-state index contributed by atoms with van der Waals surface area (Å²) in [5.74, 6) is 5.69. The average Bonchev–Trinajstić information content (AvgIpc) is 2.84. The van der Waals surface area contributed by atoms with Crippen molar-refractivity contribution in [2.24, 2.45) is 29.6 Å². The molecular formula is C17H20N2O. The van der Waals surface area contributed by atoms with Gasteiger partial charge < -0.3 is 4.42 Å². The molecule has 4 fully saturated rings. The maximum absolute atomic E-state index is 5.85. The van der Waals surface area contributed by atoms with Crippen LogP contribution in [-0.2, 0) is 6.42 Å². The van der Waals surface area contributed by atoms with Crippen LogP contribution < -0.4 is 0 Å². The van der Waals surface area contributed by atoms with Gasteiger partial charge in [0.15, 0.2) is 5.89 Å². The van der Waals surface area contributed by atoms with Gasteiger partial charge >= 0.3 is 0 Å². The lowest BCUT2D eigenvalue weighted by Gasteiger charge is -2.54. The minimum Gasteiger partial charge on any atom is -0.422 e. The number of pyridine rings is 1. The second-order valence-electron chi connectivity index (χ2n) is 7.23. The Morgan fingerprint density at radius 2 is 1.80 bits per heavy atom. The molecule has 0 unspecified atom stereocenters. The molecule has 4 aliphatic carbocycles. The molecule has 3 heteroatoms. The van der Waals surface area contributed by atoms with Crippen molar-refractivity contribution < 1.29 is 4.42 Å². The van der Waals surface area contributed by atoms with Crippen molar-refractivity contribution in [2.45, 2.75) is 38.5 Å². The van der Waals surface area contributed by atoms with E-state index < -0.39 is 0 Å². The number of rotatable bonds is 2. The highest BCUT2D eigenvalue weighted by molar-refractivity contribution is 5.67. The summed E-state index contributed by atoms with van der Waals surface area (Å²) >= 11 is 0. The Balaban J connectivity index is 1.43. The van der Waals surface area contributed by atoms with Crippen LogP contribution in [0.2, 0.25) is 0 Å². The molecule has 2 aromatic rings. The van der Waals surface area contributed by atoms with Gasteiger partial charge in [0.05, 0.1) is 0 Å². The normalized spacial score (nSPS) is 38.7. The zero-order chi connectivity index (χ0) is 13.1. The molecule has 4 aliphatic rings. The Morgan fingerprint density at radius 1 is 1.05 bits per heavy atom. The zero-order valence-corrected chi connectivity index (χ0v) is 11.7. The fraction of sp³-hybridized carbons (Fsp3) is 0.647. The number of hydrogen-bond donors (Lipinski definition) is 0. The van der Waals surface area contributed by atoms with Gasteiger partial charge in [0.25, 0.3) is 0 Å². The van der Waals surface area contributed by atoms with Crippen LogP contribution in [0.25, 0.3) is 11.2 Å².